The zero-order chi connectivity index (χ0) is 11.1. The molecule has 0 saturated carbocycles. The Balaban J connectivity index is 0.00000225. The molecule has 1 aromatic heterocycles. The zero-order valence-electron chi connectivity index (χ0n) is 9.58. The maximum atomic E-state index is 11.4. The summed E-state index contributed by atoms with van der Waals surface area (Å²) in [6, 6.07) is 1.62. The number of hydrogen-bond acceptors (Lipinski definition) is 4. The Kier molecular flexibility index (Phi) is 7.58. The average molecular weight is 248 g/mol. The van der Waals surface area contributed by atoms with Gasteiger partial charge in [-0.15, -0.1) is 12.4 Å². The van der Waals surface area contributed by atoms with Crippen molar-refractivity contribution in [2.24, 2.45) is 0 Å². The van der Waals surface area contributed by atoms with Crippen LogP contribution in [0.15, 0.2) is 10.6 Å². The van der Waals surface area contributed by atoms with Crippen LogP contribution < -0.4 is 10.6 Å². The lowest BCUT2D eigenvalue weighted by atomic mass is 10.3. The molecular weight excluding hydrogens is 230 g/mol. The van der Waals surface area contributed by atoms with Crippen molar-refractivity contribution >= 4 is 18.3 Å². The molecule has 0 spiro atoms. The molecule has 16 heavy (non-hydrogen) atoms. The first-order chi connectivity index (χ1) is 7.24. The van der Waals surface area contributed by atoms with E-state index in [0.29, 0.717) is 12.2 Å². The SMILES string of the molecule is CCCNCCNC(=O)c1cc(C)no1.Cl. The van der Waals surface area contributed by atoms with E-state index in [1.54, 1.807) is 13.0 Å². The van der Waals surface area contributed by atoms with Crippen molar-refractivity contribution in [2.45, 2.75) is 20.3 Å². The number of carbonyl (C=O) groups is 1. The highest BCUT2D eigenvalue weighted by molar-refractivity contribution is 5.91. The average Bonchev–Trinajstić information content (AvgIpc) is 2.64. The highest BCUT2D eigenvalue weighted by Crippen LogP contribution is 2.00. The highest BCUT2D eigenvalue weighted by atomic mass is 35.5. The van der Waals surface area contributed by atoms with Gasteiger partial charge in [-0.25, -0.2) is 0 Å². The molecule has 1 amide bonds. The first kappa shape index (κ1) is 14.9. The maximum Gasteiger partial charge on any atom is 0.289 e. The fraction of sp³-hybridized carbons (Fsp3) is 0.600. The molecule has 0 aliphatic rings. The Hall–Kier alpha value is -1.07. The Morgan fingerprint density at radius 2 is 2.19 bits per heavy atom. The van der Waals surface area contributed by atoms with Crippen LogP contribution in [0.25, 0.3) is 0 Å². The van der Waals surface area contributed by atoms with Gasteiger partial charge in [0.05, 0.1) is 5.69 Å². The lowest BCUT2D eigenvalue weighted by Gasteiger charge is -2.03. The first-order valence-corrected chi connectivity index (χ1v) is 5.16. The van der Waals surface area contributed by atoms with Crippen LogP contribution in [0.5, 0.6) is 0 Å². The number of carbonyl (C=O) groups excluding carboxylic acids is 1. The Morgan fingerprint density at radius 3 is 2.75 bits per heavy atom. The Bertz CT molecular complexity index is 315. The standard InChI is InChI=1S/C10H17N3O2.ClH/c1-3-4-11-5-6-12-10(14)9-7-8(2)13-15-9;/h7,11H,3-6H2,1-2H3,(H,12,14);1H. The van der Waals surface area contributed by atoms with E-state index in [1.807, 2.05) is 0 Å². The monoisotopic (exact) mass is 247 g/mol. The molecule has 92 valence electrons. The molecule has 1 aromatic rings. The molecule has 6 heteroatoms. The second-order valence-corrected chi connectivity index (χ2v) is 3.34. The van der Waals surface area contributed by atoms with Crippen molar-refractivity contribution in [1.82, 2.24) is 15.8 Å². The topological polar surface area (TPSA) is 67.2 Å². The number of aryl methyl sites for hydroxylation is 1. The minimum atomic E-state index is -0.214. The summed E-state index contributed by atoms with van der Waals surface area (Å²) in [4.78, 5) is 11.4. The van der Waals surface area contributed by atoms with Crippen LogP contribution in [0.3, 0.4) is 0 Å². The lowest BCUT2D eigenvalue weighted by Crippen LogP contribution is -2.31. The van der Waals surface area contributed by atoms with Crippen LogP contribution in [0.4, 0.5) is 0 Å². The third-order valence-electron chi connectivity index (χ3n) is 1.87. The van der Waals surface area contributed by atoms with E-state index in [9.17, 15) is 4.79 Å². The van der Waals surface area contributed by atoms with E-state index in [0.717, 1.165) is 19.5 Å². The number of nitrogens with zero attached hydrogens (tertiary/aromatic N) is 1. The summed E-state index contributed by atoms with van der Waals surface area (Å²) in [5, 5.41) is 9.57. The third-order valence-corrected chi connectivity index (χ3v) is 1.87. The largest absolute Gasteiger partial charge is 0.351 e. The van der Waals surface area contributed by atoms with Crippen molar-refractivity contribution in [2.75, 3.05) is 19.6 Å². The molecule has 2 N–H and O–H groups in total. The van der Waals surface area contributed by atoms with E-state index in [-0.39, 0.29) is 24.1 Å². The van der Waals surface area contributed by atoms with E-state index in [2.05, 4.69) is 22.7 Å². The molecule has 0 bridgehead atoms. The molecule has 1 rings (SSSR count). The van der Waals surface area contributed by atoms with Gasteiger partial charge in [-0.2, -0.15) is 0 Å². The smallest absolute Gasteiger partial charge is 0.289 e. The number of rotatable bonds is 6. The number of amides is 1. The number of aromatic nitrogens is 1. The van der Waals surface area contributed by atoms with Crippen LogP contribution >= 0.6 is 12.4 Å². The van der Waals surface area contributed by atoms with E-state index < -0.39 is 0 Å². The Morgan fingerprint density at radius 1 is 1.44 bits per heavy atom. The lowest BCUT2D eigenvalue weighted by molar-refractivity contribution is 0.0917. The van der Waals surface area contributed by atoms with Crippen LogP contribution in [-0.2, 0) is 0 Å². The van der Waals surface area contributed by atoms with Gasteiger partial charge < -0.3 is 15.2 Å². The molecule has 0 aliphatic heterocycles. The zero-order valence-corrected chi connectivity index (χ0v) is 10.4. The fourth-order valence-corrected chi connectivity index (χ4v) is 1.12. The number of nitrogens with one attached hydrogen (secondary N) is 2. The van der Waals surface area contributed by atoms with Crippen LogP contribution in [0, 0.1) is 6.92 Å². The molecule has 1 heterocycles. The number of hydrogen-bond donors (Lipinski definition) is 2. The molecule has 5 nitrogen and oxygen atoms in total. The molecule has 0 saturated heterocycles. The predicted octanol–water partition coefficient (Wildman–Crippen LogP) is 1.13. The van der Waals surface area contributed by atoms with Gasteiger partial charge in [0.2, 0.25) is 5.76 Å². The fourth-order valence-electron chi connectivity index (χ4n) is 1.12. The van der Waals surface area contributed by atoms with Gasteiger partial charge in [0.1, 0.15) is 0 Å². The van der Waals surface area contributed by atoms with Crippen molar-refractivity contribution in [3.8, 4) is 0 Å². The minimum absolute atomic E-state index is 0. The maximum absolute atomic E-state index is 11.4. The summed E-state index contributed by atoms with van der Waals surface area (Å²) < 4.78 is 4.82. The van der Waals surface area contributed by atoms with Gasteiger partial charge in [0.15, 0.2) is 0 Å². The molecule has 0 aromatic carbocycles. The van der Waals surface area contributed by atoms with Crippen LogP contribution in [0.2, 0.25) is 0 Å². The molecule has 0 fully saturated rings. The van der Waals surface area contributed by atoms with Crippen molar-refractivity contribution in [1.29, 1.82) is 0 Å². The summed E-state index contributed by atoms with van der Waals surface area (Å²) >= 11 is 0. The summed E-state index contributed by atoms with van der Waals surface area (Å²) in [6.45, 7) is 6.22. The van der Waals surface area contributed by atoms with Crippen molar-refractivity contribution in [3.63, 3.8) is 0 Å². The van der Waals surface area contributed by atoms with E-state index in [1.165, 1.54) is 0 Å². The van der Waals surface area contributed by atoms with Gasteiger partial charge in [-0.05, 0) is 19.9 Å². The van der Waals surface area contributed by atoms with Gasteiger partial charge in [0.25, 0.3) is 5.91 Å². The highest BCUT2D eigenvalue weighted by Gasteiger charge is 2.09. The normalized spacial score (nSPS) is 9.62. The molecule has 0 aliphatic carbocycles. The quantitative estimate of drug-likeness (QED) is 0.740. The van der Waals surface area contributed by atoms with Crippen LogP contribution in [0.1, 0.15) is 29.6 Å². The summed E-state index contributed by atoms with van der Waals surface area (Å²) in [5.74, 6) is 0.0527. The summed E-state index contributed by atoms with van der Waals surface area (Å²) in [5.41, 5.74) is 0.712. The first-order valence-electron chi connectivity index (χ1n) is 5.16. The molecule has 0 atom stereocenters. The molecule has 0 radical (unpaired) electrons. The van der Waals surface area contributed by atoms with Crippen LogP contribution in [-0.4, -0.2) is 30.7 Å². The summed E-state index contributed by atoms with van der Waals surface area (Å²) in [6.07, 6.45) is 1.09. The van der Waals surface area contributed by atoms with Gasteiger partial charge >= 0.3 is 0 Å². The number of halogens is 1. The van der Waals surface area contributed by atoms with Crippen molar-refractivity contribution < 1.29 is 9.32 Å². The predicted molar refractivity (Wildman–Crippen MR) is 64.0 cm³/mol. The molecule has 0 unspecified atom stereocenters. The van der Waals surface area contributed by atoms with Crippen molar-refractivity contribution in [3.05, 3.63) is 17.5 Å². The second kappa shape index (κ2) is 8.13. The van der Waals surface area contributed by atoms with E-state index in [4.69, 9.17) is 4.52 Å². The second-order valence-electron chi connectivity index (χ2n) is 3.34. The Labute approximate surface area is 101 Å². The minimum Gasteiger partial charge on any atom is -0.351 e. The van der Waals surface area contributed by atoms with Gasteiger partial charge in [-0.1, -0.05) is 12.1 Å². The van der Waals surface area contributed by atoms with Gasteiger partial charge in [0, 0.05) is 19.2 Å². The third kappa shape index (κ3) is 5.14. The molecular formula is C10H18ClN3O2. The van der Waals surface area contributed by atoms with Gasteiger partial charge in [-0.3, -0.25) is 4.79 Å². The van der Waals surface area contributed by atoms with E-state index >= 15 is 0 Å². The summed E-state index contributed by atoms with van der Waals surface area (Å²) in [7, 11) is 0.